The molecule has 2 aliphatic heterocycles. The Hall–Kier alpha value is -2.59. The number of amides is 1. The number of benzene rings is 2. The Kier molecular flexibility index (Phi) is 2.59. The lowest BCUT2D eigenvalue weighted by atomic mass is 10.0. The van der Waals surface area contributed by atoms with Gasteiger partial charge in [0, 0.05) is 16.7 Å². The van der Waals surface area contributed by atoms with Gasteiger partial charge >= 0.3 is 0 Å². The van der Waals surface area contributed by atoms with E-state index in [2.05, 4.69) is 0 Å². The fraction of sp³-hybridized carbons (Fsp3) is 0.118. The number of hydrogen-bond acceptors (Lipinski definition) is 3. The molecular weight excluding hydrogens is 264 g/mol. The van der Waals surface area contributed by atoms with Crippen LogP contribution in [0.25, 0.3) is 11.3 Å². The van der Waals surface area contributed by atoms with E-state index < -0.39 is 0 Å². The number of carbonyl (C=O) groups is 1. The second kappa shape index (κ2) is 4.46. The molecule has 0 spiro atoms. The van der Waals surface area contributed by atoms with Crippen LogP contribution in [0.5, 0.6) is 0 Å². The fourth-order valence-corrected chi connectivity index (χ4v) is 2.98. The maximum atomic E-state index is 12.7. The zero-order chi connectivity index (χ0) is 14.4. The van der Waals surface area contributed by atoms with Crippen LogP contribution in [-0.2, 0) is 16.1 Å². The van der Waals surface area contributed by atoms with Gasteiger partial charge in [-0.15, -0.1) is 0 Å². The smallest absolute Gasteiger partial charge is 0.263 e. The molecule has 4 nitrogen and oxygen atoms in total. The summed E-state index contributed by atoms with van der Waals surface area (Å²) in [4.78, 5) is 14.3. The first-order chi connectivity index (χ1) is 10.3. The van der Waals surface area contributed by atoms with E-state index in [0.717, 1.165) is 22.4 Å². The molecule has 104 valence electrons. The largest absolute Gasteiger partial charge is 0.487 e. The molecule has 2 aliphatic rings. The molecule has 0 fully saturated rings. The maximum Gasteiger partial charge on any atom is 0.263 e. The zero-order valence-electron chi connectivity index (χ0n) is 11.4. The van der Waals surface area contributed by atoms with Crippen LogP contribution in [0.1, 0.15) is 16.7 Å². The summed E-state index contributed by atoms with van der Waals surface area (Å²) in [6, 6.07) is 15.6. The van der Waals surface area contributed by atoms with Gasteiger partial charge in [0.15, 0.2) is 0 Å². The Labute approximate surface area is 122 Å². The lowest BCUT2D eigenvalue weighted by Crippen LogP contribution is -2.32. The van der Waals surface area contributed by atoms with Gasteiger partial charge in [-0.05, 0) is 6.07 Å². The third-order valence-electron chi connectivity index (χ3n) is 3.97. The Balaban J connectivity index is 1.98. The van der Waals surface area contributed by atoms with Gasteiger partial charge < -0.3 is 10.5 Å². The number of carbonyl (C=O) groups excluding carboxylic acids is 1. The van der Waals surface area contributed by atoms with Crippen molar-refractivity contribution in [3.05, 3.63) is 65.2 Å². The van der Waals surface area contributed by atoms with E-state index >= 15 is 0 Å². The Morgan fingerprint density at radius 1 is 1.05 bits per heavy atom. The van der Waals surface area contributed by atoms with E-state index in [1.165, 1.54) is 0 Å². The van der Waals surface area contributed by atoms with E-state index in [1.54, 1.807) is 4.90 Å². The van der Waals surface area contributed by atoms with Crippen molar-refractivity contribution in [2.75, 3.05) is 11.6 Å². The average Bonchev–Trinajstić information content (AvgIpc) is 3.05. The quantitative estimate of drug-likeness (QED) is 0.815. The van der Waals surface area contributed by atoms with Crippen molar-refractivity contribution in [3.63, 3.8) is 0 Å². The number of nitrogens with two attached hydrogens (primary N) is 1. The van der Waals surface area contributed by atoms with Crippen LogP contribution < -0.4 is 10.6 Å². The minimum atomic E-state index is -0.0922. The van der Waals surface area contributed by atoms with Gasteiger partial charge in [-0.3, -0.25) is 9.69 Å². The van der Waals surface area contributed by atoms with Crippen molar-refractivity contribution in [2.24, 2.45) is 5.73 Å². The molecule has 4 heteroatoms. The van der Waals surface area contributed by atoms with Crippen molar-refractivity contribution in [2.45, 2.75) is 6.61 Å². The topological polar surface area (TPSA) is 55.6 Å². The van der Waals surface area contributed by atoms with Crippen LogP contribution >= 0.6 is 0 Å². The molecule has 0 aromatic heterocycles. The van der Waals surface area contributed by atoms with E-state index in [0.29, 0.717) is 17.9 Å². The van der Waals surface area contributed by atoms with Crippen LogP contribution in [0, 0.1) is 0 Å². The van der Waals surface area contributed by atoms with E-state index in [1.807, 2.05) is 48.5 Å². The van der Waals surface area contributed by atoms with Crippen LogP contribution in [0.4, 0.5) is 5.69 Å². The highest BCUT2D eigenvalue weighted by atomic mass is 16.5. The number of fused-ring (bicyclic) bond motifs is 2. The summed E-state index contributed by atoms with van der Waals surface area (Å²) in [5, 5.41) is 0. The number of anilines is 1. The van der Waals surface area contributed by atoms with Gasteiger partial charge in [0.1, 0.15) is 12.4 Å². The van der Waals surface area contributed by atoms with Gasteiger partial charge in [-0.2, -0.15) is 0 Å². The minimum Gasteiger partial charge on any atom is -0.487 e. The summed E-state index contributed by atoms with van der Waals surface area (Å²) in [5.41, 5.74) is 10.2. The molecular formula is C17H14N2O2. The number of ether oxygens (including phenoxy) is 1. The van der Waals surface area contributed by atoms with Crippen molar-refractivity contribution in [3.8, 4) is 0 Å². The lowest BCUT2D eigenvalue weighted by Gasteiger charge is -2.13. The monoisotopic (exact) mass is 278 g/mol. The highest BCUT2D eigenvalue weighted by Gasteiger charge is 2.36. The van der Waals surface area contributed by atoms with Gasteiger partial charge in [-0.1, -0.05) is 42.5 Å². The first kappa shape index (κ1) is 12.2. The van der Waals surface area contributed by atoms with Crippen LogP contribution in [0.15, 0.2) is 48.5 Å². The molecule has 0 bridgehead atoms. The number of para-hydroxylation sites is 1. The molecule has 2 N–H and O–H groups in total. The number of rotatable bonds is 1. The van der Waals surface area contributed by atoms with Crippen molar-refractivity contribution in [1.29, 1.82) is 0 Å². The molecule has 2 aromatic rings. The van der Waals surface area contributed by atoms with Crippen molar-refractivity contribution in [1.82, 2.24) is 0 Å². The second-order valence-corrected chi connectivity index (χ2v) is 5.08. The first-order valence-corrected chi connectivity index (χ1v) is 6.88. The second-order valence-electron chi connectivity index (χ2n) is 5.08. The molecule has 1 amide bonds. The van der Waals surface area contributed by atoms with E-state index in [-0.39, 0.29) is 12.6 Å². The Morgan fingerprint density at radius 3 is 2.57 bits per heavy atom. The standard InChI is InChI=1S/C17H14N2O2/c18-10-19-14-8-4-3-7-13(14)15(17(19)20)16-12-6-2-1-5-11(12)9-21-16/h1-8H,9-10,18H2. The lowest BCUT2D eigenvalue weighted by molar-refractivity contribution is -0.113. The molecule has 0 unspecified atom stereocenters. The zero-order valence-corrected chi connectivity index (χ0v) is 11.4. The van der Waals surface area contributed by atoms with E-state index in [4.69, 9.17) is 10.5 Å². The summed E-state index contributed by atoms with van der Waals surface area (Å²) in [7, 11) is 0. The maximum absolute atomic E-state index is 12.7. The SMILES string of the molecule is NCN1C(=O)C(=C2OCc3ccccc32)c2ccccc21. The van der Waals surface area contributed by atoms with Gasteiger partial charge in [-0.25, -0.2) is 0 Å². The van der Waals surface area contributed by atoms with Crippen LogP contribution in [0.2, 0.25) is 0 Å². The number of nitrogens with zero attached hydrogens (tertiary/aromatic N) is 1. The fourth-order valence-electron chi connectivity index (χ4n) is 2.98. The first-order valence-electron chi connectivity index (χ1n) is 6.88. The summed E-state index contributed by atoms with van der Waals surface area (Å²) >= 11 is 0. The summed E-state index contributed by atoms with van der Waals surface area (Å²) < 4.78 is 5.82. The normalized spacial score (nSPS) is 19.5. The highest BCUT2D eigenvalue weighted by molar-refractivity contribution is 6.37. The molecule has 0 saturated heterocycles. The Morgan fingerprint density at radius 2 is 1.76 bits per heavy atom. The molecule has 0 saturated carbocycles. The number of hydrogen-bond donors (Lipinski definition) is 1. The molecule has 0 atom stereocenters. The van der Waals surface area contributed by atoms with Crippen molar-refractivity contribution >= 4 is 22.9 Å². The molecule has 21 heavy (non-hydrogen) atoms. The molecule has 2 heterocycles. The molecule has 0 aliphatic carbocycles. The predicted molar refractivity (Wildman–Crippen MR) is 81.0 cm³/mol. The highest BCUT2D eigenvalue weighted by Crippen LogP contribution is 2.43. The summed E-state index contributed by atoms with van der Waals surface area (Å²) in [6.45, 7) is 0.668. The van der Waals surface area contributed by atoms with Gasteiger partial charge in [0.05, 0.1) is 17.9 Å². The Bertz CT molecular complexity index is 780. The predicted octanol–water partition coefficient (Wildman–Crippen LogP) is 2.35. The van der Waals surface area contributed by atoms with Crippen molar-refractivity contribution < 1.29 is 9.53 Å². The third kappa shape index (κ3) is 1.63. The summed E-state index contributed by atoms with van der Waals surface area (Å²) in [5.74, 6) is 0.574. The van der Waals surface area contributed by atoms with Gasteiger partial charge in [0.25, 0.3) is 5.91 Å². The van der Waals surface area contributed by atoms with Crippen LogP contribution in [-0.4, -0.2) is 12.6 Å². The summed E-state index contributed by atoms with van der Waals surface area (Å²) in [6.07, 6.45) is 0. The van der Waals surface area contributed by atoms with E-state index in [9.17, 15) is 4.79 Å². The molecule has 4 rings (SSSR count). The minimum absolute atomic E-state index is 0.0922. The molecule has 2 aromatic carbocycles. The molecule has 0 radical (unpaired) electrons. The van der Waals surface area contributed by atoms with Gasteiger partial charge in [0.2, 0.25) is 0 Å². The third-order valence-corrected chi connectivity index (χ3v) is 3.97. The van der Waals surface area contributed by atoms with Crippen LogP contribution in [0.3, 0.4) is 0 Å². The average molecular weight is 278 g/mol.